The molecule has 0 aliphatic carbocycles. The number of nitrogens with zero attached hydrogens (tertiary/aromatic N) is 1. The van der Waals surface area contributed by atoms with Gasteiger partial charge in [-0.2, -0.15) is 0 Å². The van der Waals surface area contributed by atoms with E-state index in [2.05, 4.69) is 45.0 Å². The molecule has 1 aromatic rings. The zero-order valence-corrected chi connectivity index (χ0v) is 14.6. The molecule has 1 aromatic carbocycles. The van der Waals surface area contributed by atoms with Gasteiger partial charge in [0.15, 0.2) is 0 Å². The maximum Gasteiger partial charge on any atom is 0.331 e. The summed E-state index contributed by atoms with van der Waals surface area (Å²) in [5, 5.41) is 1.77. The molecule has 0 aromatic heterocycles. The molecule has 0 N–H and O–H groups in total. The summed E-state index contributed by atoms with van der Waals surface area (Å²) in [5.74, 6) is 0.505. The third-order valence-corrected chi connectivity index (χ3v) is 4.83. The van der Waals surface area contributed by atoms with Crippen LogP contribution in [-0.2, 0) is 9.63 Å². The standard InChI is InChI=1S/C19H29NO2/c1-6-17(16-11-8-7-10-15(16)14(2)3)19(4,5)18(21)22-20-12-9-13-20/h7-8,10-11,14,17H,6,9,12-13H2,1-5H3. The Morgan fingerprint density at radius 3 is 2.27 bits per heavy atom. The first-order valence-electron chi connectivity index (χ1n) is 8.44. The van der Waals surface area contributed by atoms with Crippen molar-refractivity contribution in [1.82, 2.24) is 5.06 Å². The monoisotopic (exact) mass is 303 g/mol. The molecule has 2 rings (SSSR count). The summed E-state index contributed by atoms with van der Waals surface area (Å²) in [6.07, 6.45) is 2.03. The number of hydrogen-bond acceptors (Lipinski definition) is 3. The molecule has 22 heavy (non-hydrogen) atoms. The van der Waals surface area contributed by atoms with E-state index in [9.17, 15) is 4.79 Å². The average Bonchev–Trinajstić information content (AvgIpc) is 2.43. The molecule has 0 spiro atoms. The third-order valence-electron chi connectivity index (χ3n) is 4.83. The van der Waals surface area contributed by atoms with Crippen molar-refractivity contribution in [1.29, 1.82) is 0 Å². The number of hydroxylamine groups is 2. The van der Waals surface area contributed by atoms with Gasteiger partial charge in [0.05, 0.1) is 5.41 Å². The van der Waals surface area contributed by atoms with Crippen LogP contribution in [0.25, 0.3) is 0 Å². The van der Waals surface area contributed by atoms with Crippen LogP contribution in [-0.4, -0.2) is 24.1 Å². The fourth-order valence-electron chi connectivity index (χ4n) is 3.23. The Balaban J connectivity index is 2.27. The van der Waals surface area contributed by atoms with Crippen LogP contribution in [0.5, 0.6) is 0 Å². The highest BCUT2D eigenvalue weighted by Gasteiger charge is 2.40. The number of hydrogen-bond donors (Lipinski definition) is 0. The molecule has 1 saturated heterocycles. The summed E-state index contributed by atoms with van der Waals surface area (Å²) >= 11 is 0. The number of carbonyl (C=O) groups is 1. The molecule has 1 aliphatic heterocycles. The fraction of sp³-hybridized carbons (Fsp3) is 0.632. The molecule has 0 saturated carbocycles. The maximum absolute atomic E-state index is 12.7. The first-order valence-corrected chi connectivity index (χ1v) is 8.44. The lowest BCUT2D eigenvalue weighted by molar-refractivity contribution is -0.218. The molecule has 3 nitrogen and oxygen atoms in total. The Kier molecular flexibility index (Phi) is 5.28. The Hall–Kier alpha value is -1.35. The Morgan fingerprint density at radius 2 is 1.82 bits per heavy atom. The topological polar surface area (TPSA) is 29.5 Å². The van der Waals surface area contributed by atoms with E-state index >= 15 is 0 Å². The van der Waals surface area contributed by atoms with Crippen molar-refractivity contribution in [3.63, 3.8) is 0 Å². The SMILES string of the molecule is CCC(c1ccccc1C(C)C)C(C)(C)C(=O)ON1CCC1. The lowest BCUT2D eigenvalue weighted by Crippen LogP contribution is -2.44. The zero-order valence-electron chi connectivity index (χ0n) is 14.6. The molecule has 122 valence electrons. The van der Waals surface area contributed by atoms with Gasteiger partial charge in [0.25, 0.3) is 0 Å². The Bertz CT molecular complexity index is 518. The summed E-state index contributed by atoms with van der Waals surface area (Å²) in [7, 11) is 0. The van der Waals surface area contributed by atoms with Crippen LogP contribution in [0.2, 0.25) is 0 Å². The summed E-state index contributed by atoms with van der Waals surface area (Å²) < 4.78 is 0. The van der Waals surface area contributed by atoms with Crippen molar-refractivity contribution >= 4 is 5.97 Å². The predicted octanol–water partition coefficient (Wildman–Crippen LogP) is 4.49. The number of carbonyl (C=O) groups excluding carboxylic acids is 1. The van der Waals surface area contributed by atoms with Crippen LogP contribution < -0.4 is 0 Å². The van der Waals surface area contributed by atoms with Gasteiger partial charge >= 0.3 is 5.97 Å². The van der Waals surface area contributed by atoms with Crippen LogP contribution in [0, 0.1) is 5.41 Å². The predicted molar refractivity (Wildman–Crippen MR) is 89.6 cm³/mol. The summed E-state index contributed by atoms with van der Waals surface area (Å²) in [4.78, 5) is 18.2. The normalized spacial score (nSPS) is 17.2. The van der Waals surface area contributed by atoms with E-state index in [1.807, 2.05) is 13.8 Å². The van der Waals surface area contributed by atoms with Crippen molar-refractivity contribution in [3.05, 3.63) is 35.4 Å². The van der Waals surface area contributed by atoms with Gasteiger partial charge in [-0.3, -0.25) is 0 Å². The summed E-state index contributed by atoms with van der Waals surface area (Å²) in [6, 6.07) is 8.50. The van der Waals surface area contributed by atoms with Crippen molar-refractivity contribution in [2.45, 2.75) is 59.3 Å². The number of benzene rings is 1. The molecule has 1 heterocycles. The molecular formula is C19H29NO2. The highest BCUT2D eigenvalue weighted by atomic mass is 16.7. The van der Waals surface area contributed by atoms with Crippen LogP contribution >= 0.6 is 0 Å². The maximum atomic E-state index is 12.7. The van der Waals surface area contributed by atoms with E-state index in [-0.39, 0.29) is 11.9 Å². The van der Waals surface area contributed by atoms with Gasteiger partial charge in [0.1, 0.15) is 0 Å². The molecule has 1 fully saturated rings. The lowest BCUT2D eigenvalue weighted by Gasteiger charge is -2.37. The Labute approximate surface area is 134 Å². The second-order valence-electron chi connectivity index (χ2n) is 7.13. The third kappa shape index (κ3) is 3.35. The fourth-order valence-corrected chi connectivity index (χ4v) is 3.23. The van der Waals surface area contributed by atoms with E-state index in [0.717, 1.165) is 25.9 Å². The second kappa shape index (κ2) is 6.82. The molecule has 1 atom stereocenters. The largest absolute Gasteiger partial charge is 0.367 e. The second-order valence-corrected chi connectivity index (χ2v) is 7.13. The van der Waals surface area contributed by atoms with Gasteiger partial charge in [0, 0.05) is 13.1 Å². The zero-order chi connectivity index (χ0) is 16.3. The van der Waals surface area contributed by atoms with E-state index in [4.69, 9.17) is 4.84 Å². The molecular weight excluding hydrogens is 274 g/mol. The van der Waals surface area contributed by atoms with Crippen molar-refractivity contribution in [2.75, 3.05) is 13.1 Å². The molecule has 1 unspecified atom stereocenters. The minimum Gasteiger partial charge on any atom is -0.367 e. The first kappa shape index (κ1) is 17.0. The van der Waals surface area contributed by atoms with Gasteiger partial charge in [-0.25, -0.2) is 4.79 Å². The van der Waals surface area contributed by atoms with Crippen LogP contribution in [0.15, 0.2) is 24.3 Å². The highest BCUT2D eigenvalue weighted by molar-refractivity contribution is 5.77. The molecule has 0 bridgehead atoms. The molecule has 1 aliphatic rings. The highest BCUT2D eigenvalue weighted by Crippen LogP contribution is 2.42. The average molecular weight is 303 g/mol. The Morgan fingerprint density at radius 1 is 1.23 bits per heavy atom. The van der Waals surface area contributed by atoms with Gasteiger partial charge in [-0.05, 0) is 49.7 Å². The van der Waals surface area contributed by atoms with Crippen LogP contribution in [0.1, 0.15) is 70.4 Å². The minimum absolute atomic E-state index is 0.113. The van der Waals surface area contributed by atoms with Gasteiger partial charge < -0.3 is 4.84 Å². The van der Waals surface area contributed by atoms with Crippen molar-refractivity contribution in [3.8, 4) is 0 Å². The minimum atomic E-state index is -0.532. The van der Waals surface area contributed by atoms with E-state index < -0.39 is 5.41 Å². The lowest BCUT2D eigenvalue weighted by atomic mass is 9.71. The van der Waals surface area contributed by atoms with E-state index in [1.165, 1.54) is 11.1 Å². The van der Waals surface area contributed by atoms with Crippen LogP contribution in [0.4, 0.5) is 0 Å². The summed E-state index contributed by atoms with van der Waals surface area (Å²) in [5.41, 5.74) is 2.08. The quantitative estimate of drug-likeness (QED) is 0.775. The molecule has 3 heteroatoms. The van der Waals surface area contributed by atoms with Gasteiger partial charge in [0.2, 0.25) is 0 Å². The van der Waals surface area contributed by atoms with Crippen molar-refractivity contribution < 1.29 is 9.63 Å². The van der Waals surface area contributed by atoms with Crippen molar-refractivity contribution in [2.24, 2.45) is 5.41 Å². The smallest absolute Gasteiger partial charge is 0.331 e. The van der Waals surface area contributed by atoms with E-state index in [0.29, 0.717) is 5.92 Å². The first-order chi connectivity index (χ1) is 10.4. The molecule has 0 amide bonds. The summed E-state index contributed by atoms with van der Waals surface area (Å²) in [6.45, 7) is 12.3. The van der Waals surface area contributed by atoms with Crippen LogP contribution in [0.3, 0.4) is 0 Å². The van der Waals surface area contributed by atoms with Gasteiger partial charge in [-0.15, -0.1) is 5.06 Å². The number of rotatable bonds is 6. The van der Waals surface area contributed by atoms with Gasteiger partial charge in [-0.1, -0.05) is 45.0 Å². The molecule has 0 radical (unpaired) electrons. The van der Waals surface area contributed by atoms with E-state index in [1.54, 1.807) is 5.06 Å².